The average Bonchev–Trinajstić information content (AvgIpc) is 3.40. The van der Waals surface area contributed by atoms with Crippen LogP contribution in [0.1, 0.15) is 35.7 Å². The van der Waals surface area contributed by atoms with Gasteiger partial charge in [-0.15, -0.1) is 0 Å². The third-order valence-corrected chi connectivity index (χ3v) is 5.35. The number of nitrogens with zero attached hydrogens (tertiary/aromatic N) is 2. The lowest BCUT2D eigenvalue weighted by Gasteiger charge is -2.21. The number of hydrogen-bond donors (Lipinski definition) is 3. The molecule has 2 aliphatic rings. The van der Waals surface area contributed by atoms with Gasteiger partial charge in [0.1, 0.15) is 11.4 Å². The zero-order valence-electron chi connectivity index (χ0n) is 15.2. The number of carboxylic acid groups (broad SMARTS) is 1. The molecule has 9 heteroatoms. The van der Waals surface area contributed by atoms with Crippen LogP contribution in [0.4, 0.5) is 10.1 Å². The van der Waals surface area contributed by atoms with E-state index < -0.39 is 17.2 Å². The SMILES string of the molecule is NCC(=O)NC1CCN(c2cc3c(cc2F)c(=O)c(C(=O)O)cn3C2CC2)C1. The molecule has 1 unspecified atom stereocenters. The molecular formula is C19H21FN4O4. The van der Waals surface area contributed by atoms with Crippen molar-refractivity contribution >= 4 is 28.5 Å². The summed E-state index contributed by atoms with van der Waals surface area (Å²) in [5.41, 5.74) is 5.16. The minimum Gasteiger partial charge on any atom is -0.477 e. The standard InChI is InChI=1S/C19H21FN4O4/c20-14-5-12-15(24(11-1-2-11)9-13(18(12)26)19(27)28)6-16(14)23-4-3-10(8-23)22-17(25)7-21/h5-6,9-11H,1-4,7-8,21H2,(H,22,25)(H,27,28). The predicted molar refractivity (Wildman–Crippen MR) is 101 cm³/mol. The van der Waals surface area contributed by atoms with Gasteiger partial charge in [0.05, 0.1) is 17.7 Å². The molecule has 1 aromatic carbocycles. The summed E-state index contributed by atoms with van der Waals surface area (Å²) in [6.45, 7) is 0.897. The van der Waals surface area contributed by atoms with Gasteiger partial charge in [0.15, 0.2) is 0 Å². The van der Waals surface area contributed by atoms with Crippen LogP contribution in [0.2, 0.25) is 0 Å². The Morgan fingerprint density at radius 2 is 2.04 bits per heavy atom. The fourth-order valence-corrected chi connectivity index (χ4v) is 3.79. The number of carboxylic acids is 1. The number of rotatable bonds is 5. The molecule has 2 aromatic rings. The first-order chi connectivity index (χ1) is 13.4. The van der Waals surface area contributed by atoms with E-state index in [0.29, 0.717) is 30.7 Å². The van der Waals surface area contributed by atoms with Gasteiger partial charge in [0.25, 0.3) is 0 Å². The number of amides is 1. The van der Waals surface area contributed by atoms with Crippen molar-refractivity contribution in [3.05, 3.63) is 39.9 Å². The van der Waals surface area contributed by atoms with Crippen molar-refractivity contribution in [1.29, 1.82) is 0 Å². The van der Waals surface area contributed by atoms with Crippen LogP contribution in [0.5, 0.6) is 0 Å². The number of carbonyl (C=O) groups excluding carboxylic acids is 1. The van der Waals surface area contributed by atoms with E-state index in [1.165, 1.54) is 6.20 Å². The summed E-state index contributed by atoms with van der Waals surface area (Å²) in [4.78, 5) is 37.2. The van der Waals surface area contributed by atoms with Crippen LogP contribution in [0.25, 0.3) is 10.9 Å². The lowest BCUT2D eigenvalue weighted by atomic mass is 10.1. The predicted octanol–water partition coefficient (Wildman–Crippen LogP) is 0.827. The van der Waals surface area contributed by atoms with Crippen molar-refractivity contribution in [2.45, 2.75) is 31.3 Å². The molecular weight excluding hydrogens is 367 g/mol. The lowest BCUT2D eigenvalue weighted by Crippen LogP contribution is -2.40. The molecule has 148 valence electrons. The number of anilines is 1. The first-order valence-electron chi connectivity index (χ1n) is 9.25. The number of fused-ring (bicyclic) bond motifs is 1. The monoisotopic (exact) mass is 388 g/mol. The first kappa shape index (κ1) is 18.4. The second-order valence-electron chi connectivity index (χ2n) is 7.34. The molecule has 2 heterocycles. The molecule has 4 rings (SSSR count). The number of aromatic nitrogens is 1. The maximum atomic E-state index is 14.8. The number of carbonyl (C=O) groups is 2. The van der Waals surface area contributed by atoms with Crippen molar-refractivity contribution in [3.63, 3.8) is 0 Å². The Bertz CT molecular complexity index is 1030. The molecule has 8 nitrogen and oxygen atoms in total. The maximum Gasteiger partial charge on any atom is 0.341 e. The van der Waals surface area contributed by atoms with Gasteiger partial charge in [-0.1, -0.05) is 0 Å². The number of pyridine rings is 1. The molecule has 1 aromatic heterocycles. The zero-order valence-corrected chi connectivity index (χ0v) is 15.2. The van der Waals surface area contributed by atoms with Crippen LogP contribution in [-0.2, 0) is 4.79 Å². The molecule has 1 saturated heterocycles. The van der Waals surface area contributed by atoms with E-state index >= 15 is 0 Å². The number of nitrogens with two attached hydrogens (primary N) is 1. The number of halogens is 1. The molecule has 2 fully saturated rings. The third-order valence-electron chi connectivity index (χ3n) is 5.35. The Hall–Kier alpha value is -2.94. The Morgan fingerprint density at radius 3 is 2.68 bits per heavy atom. The molecule has 28 heavy (non-hydrogen) atoms. The van der Waals surface area contributed by atoms with Crippen LogP contribution in [-0.4, -0.2) is 47.2 Å². The summed E-state index contributed by atoms with van der Waals surface area (Å²) in [6.07, 6.45) is 3.80. The largest absolute Gasteiger partial charge is 0.477 e. The fraction of sp³-hybridized carbons (Fsp3) is 0.421. The lowest BCUT2D eigenvalue weighted by molar-refractivity contribution is -0.120. The molecule has 4 N–H and O–H groups in total. The first-order valence-corrected chi connectivity index (χ1v) is 9.25. The van der Waals surface area contributed by atoms with Crippen molar-refractivity contribution in [3.8, 4) is 0 Å². The van der Waals surface area contributed by atoms with Gasteiger partial charge in [0.2, 0.25) is 11.3 Å². The zero-order chi connectivity index (χ0) is 20.0. The van der Waals surface area contributed by atoms with Gasteiger partial charge in [-0.05, 0) is 31.4 Å². The van der Waals surface area contributed by atoms with Crippen LogP contribution in [0.3, 0.4) is 0 Å². The maximum absolute atomic E-state index is 14.8. The smallest absolute Gasteiger partial charge is 0.341 e. The van der Waals surface area contributed by atoms with E-state index in [2.05, 4.69) is 5.32 Å². The number of hydrogen-bond acceptors (Lipinski definition) is 5. The molecule has 0 spiro atoms. The molecule has 1 atom stereocenters. The Morgan fingerprint density at radius 1 is 1.29 bits per heavy atom. The highest BCUT2D eigenvalue weighted by atomic mass is 19.1. The average molecular weight is 388 g/mol. The molecule has 1 aliphatic heterocycles. The van der Waals surface area contributed by atoms with E-state index in [-0.39, 0.29) is 35.5 Å². The fourth-order valence-electron chi connectivity index (χ4n) is 3.79. The molecule has 1 aliphatic carbocycles. The van der Waals surface area contributed by atoms with Crippen LogP contribution < -0.4 is 21.4 Å². The van der Waals surface area contributed by atoms with Gasteiger partial charge in [0, 0.05) is 36.8 Å². The van der Waals surface area contributed by atoms with E-state index in [9.17, 15) is 23.9 Å². The van der Waals surface area contributed by atoms with Crippen molar-refractivity contribution in [2.24, 2.45) is 5.73 Å². The molecule has 1 saturated carbocycles. The highest BCUT2D eigenvalue weighted by Crippen LogP contribution is 2.38. The minimum atomic E-state index is -1.32. The Labute approximate surface area is 159 Å². The molecule has 0 bridgehead atoms. The van der Waals surface area contributed by atoms with Gasteiger partial charge in [-0.3, -0.25) is 9.59 Å². The summed E-state index contributed by atoms with van der Waals surface area (Å²) in [6, 6.07) is 2.74. The Balaban J connectivity index is 1.75. The number of aromatic carboxylic acids is 1. The second-order valence-corrected chi connectivity index (χ2v) is 7.34. The van der Waals surface area contributed by atoms with Gasteiger partial charge in [-0.25, -0.2) is 9.18 Å². The molecule has 1 amide bonds. The second kappa shape index (κ2) is 6.90. The normalized spacial score (nSPS) is 19.2. The topological polar surface area (TPSA) is 118 Å². The number of benzene rings is 1. The summed E-state index contributed by atoms with van der Waals surface area (Å²) in [5, 5.41) is 12.2. The van der Waals surface area contributed by atoms with Crippen LogP contribution in [0, 0.1) is 5.82 Å². The van der Waals surface area contributed by atoms with Crippen molar-refractivity contribution in [1.82, 2.24) is 9.88 Å². The van der Waals surface area contributed by atoms with E-state index in [1.54, 1.807) is 10.6 Å². The summed E-state index contributed by atoms with van der Waals surface area (Å²) in [7, 11) is 0. The van der Waals surface area contributed by atoms with Gasteiger partial charge >= 0.3 is 5.97 Å². The van der Waals surface area contributed by atoms with Crippen molar-refractivity contribution in [2.75, 3.05) is 24.5 Å². The highest BCUT2D eigenvalue weighted by molar-refractivity contribution is 5.93. The van der Waals surface area contributed by atoms with Crippen molar-refractivity contribution < 1.29 is 19.1 Å². The van der Waals surface area contributed by atoms with E-state index in [1.807, 2.05) is 4.90 Å². The van der Waals surface area contributed by atoms with Crippen LogP contribution in [0.15, 0.2) is 23.1 Å². The quantitative estimate of drug-likeness (QED) is 0.698. The molecule has 0 radical (unpaired) electrons. The van der Waals surface area contributed by atoms with Crippen LogP contribution >= 0.6 is 0 Å². The van der Waals surface area contributed by atoms with Gasteiger partial charge in [-0.2, -0.15) is 0 Å². The summed E-state index contributed by atoms with van der Waals surface area (Å²) < 4.78 is 16.6. The third kappa shape index (κ3) is 3.22. The number of nitrogens with one attached hydrogen (secondary N) is 1. The minimum absolute atomic E-state index is 0.0697. The highest BCUT2D eigenvalue weighted by Gasteiger charge is 2.29. The van der Waals surface area contributed by atoms with Gasteiger partial charge < -0.3 is 25.6 Å². The Kier molecular flexibility index (Phi) is 4.54. The summed E-state index contributed by atoms with van der Waals surface area (Å²) in [5.74, 6) is -2.15. The van der Waals surface area contributed by atoms with E-state index in [0.717, 1.165) is 18.9 Å². The summed E-state index contributed by atoms with van der Waals surface area (Å²) >= 11 is 0. The van der Waals surface area contributed by atoms with E-state index in [4.69, 9.17) is 5.73 Å².